The van der Waals surface area contributed by atoms with Crippen LogP contribution in [0.3, 0.4) is 0 Å². The highest BCUT2D eigenvalue weighted by Gasteiger charge is 2.18. The van der Waals surface area contributed by atoms with Gasteiger partial charge >= 0.3 is 0 Å². The lowest BCUT2D eigenvalue weighted by atomic mass is 10.1. The number of piperazine rings is 1. The summed E-state index contributed by atoms with van der Waals surface area (Å²) in [6, 6.07) is 2.03. The molecule has 19 heavy (non-hydrogen) atoms. The van der Waals surface area contributed by atoms with Crippen molar-refractivity contribution in [1.29, 1.82) is 0 Å². The Balaban J connectivity index is 2.29. The second kappa shape index (κ2) is 6.46. The maximum Gasteiger partial charge on any atom is 0.142 e. The maximum atomic E-state index is 6.36. The summed E-state index contributed by atoms with van der Waals surface area (Å²) < 4.78 is 10.9. The monoisotopic (exact) mass is 284 g/mol. The van der Waals surface area contributed by atoms with Gasteiger partial charge in [-0.15, -0.1) is 0 Å². The van der Waals surface area contributed by atoms with Gasteiger partial charge in [0.2, 0.25) is 0 Å². The van der Waals surface area contributed by atoms with Gasteiger partial charge in [0.25, 0.3) is 0 Å². The summed E-state index contributed by atoms with van der Waals surface area (Å²) in [6.07, 6.45) is 0. The van der Waals surface area contributed by atoms with Crippen LogP contribution < -0.4 is 14.8 Å². The van der Waals surface area contributed by atoms with E-state index >= 15 is 0 Å². The van der Waals surface area contributed by atoms with Gasteiger partial charge in [-0.05, 0) is 13.0 Å². The molecular weight excluding hydrogens is 264 g/mol. The number of hydrogen-bond acceptors (Lipinski definition) is 4. The van der Waals surface area contributed by atoms with Gasteiger partial charge in [-0.1, -0.05) is 11.6 Å². The molecule has 5 heteroatoms. The predicted molar refractivity (Wildman–Crippen MR) is 77.4 cm³/mol. The lowest BCUT2D eigenvalue weighted by Gasteiger charge is -2.28. The Morgan fingerprint density at radius 3 is 2.53 bits per heavy atom. The largest absolute Gasteiger partial charge is 0.496 e. The second-order valence-electron chi connectivity index (χ2n) is 4.74. The first kappa shape index (κ1) is 14.4. The number of nitrogens with zero attached hydrogens (tertiary/aromatic N) is 1. The van der Waals surface area contributed by atoms with Crippen molar-refractivity contribution >= 4 is 11.6 Å². The van der Waals surface area contributed by atoms with Crippen LogP contribution >= 0.6 is 11.6 Å². The van der Waals surface area contributed by atoms with Gasteiger partial charge < -0.3 is 14.8 Å². The van der Waals surface area contributed by atoms with Crippen LogP contribution in [-0.2, 0) is 6.54 Å². The molecule has 2 rings (SSSR count). The normalized spacial score (nSPS) is 16.4. The van der Waals surface area contributed by atoms with E-state index in [1.165, 1.54) is 0 Å². The summed E-state index contributed by atoms with van der Waals surface area (Å²) >= 11 is 6.36. The standard InChI is InChI=1S/C14H21ClN2O2/c1-10-12(18-2)8-11(14(19-3)13(10)15)9-17-6-4-16-5-7-17/h8,16H,4-7,9H2,1-3H3. The number of ether oxygens (including phenoxy) is 2. The van der Waals surface area contributed by atoms with Crippen molar-refractivity contribution < 1.29 is 9.47 Å². The molecule has 1 fully saturated rings. The first-order chi connectivity index (χ1) is 9.17. The van der Waals surface area contributed by atoms with Crippen LogP contribution in [0.15, 0.2) is 6.07 Å². The van der Waals surface area contributed by atoms with E-state index < -0.39 is 0 Å². The molecule has 1 aliphatic heterocycles. The Morgan fingerprint density at radius 1 is 1.26 bits per heavy atom. The average Bonchev–Trinajstić information content (AvgIpc) is 2.44. The first-order valence-corrected chi connectivity index (χ1v) is 6.88. The number of halogens is 1. The predicted octanol–water partition coefficient (Wildman–Crippen LogP) is 2.07. The van der Waals surface area contributed by atoms with Gasteiger partial charge in [-0.25, -0.2) is 0 Å². The third kappa shape index (κ3) is 3.14. The molecule has 0 radical (unpaired) electrons. The molecular formula is C14H21ClN2O2. The van der Waals surface area contributed by atoms with Crippen molar-refractivity contribution in [2.45, 2.75) is 13.5 Å². The summed E-state index contributed by atoms with van der Waals surface area (Å²) in [5.41, 5.74) is 2.00. The van der Waals surface area contributed by atoms with Crippen molar-refractivity contribution in [3.05, 3.63) is 22.2 Å². The van der Waals surface area contributed by atoms with Crippen LogP contribution in [0.5, 0.6) is 11.5 Å². The molecule has 0 aliphatic carbocycles. The summed E-state index contributed by atoms with van der Waals surface area (Å²) in [5.74, 6) is 1.58. The van der Waals surface area contributed by atoms with Crippen LogP contribution in [0.2, 0.25) is 5.02 Å². The van der Waals surface area contributed by atoms with Gasteiger partial charge in [0.1, 0.15) is 11.5 Å². The lowest BCUT2D eigenvalue weighted by Crippen LogP contribution is -2.42. The van der Waals surface area contributed by atoms with Crippen molar-refractivity contribution in [1.82, 2.24) is 10.2 Å². The quantitative estimate of drug-likeness (QED) is 0.918. The highest BCUT2D eigenvalue weighted by Crippen LogP contribution is 2.38. The number of nitrogens with one attached hydrogen (secondary N) is 1. The molecule has 0 spiro atoms. The van der Waals surface area contributed by atoms with E-state index in [-0.39, 0.29) is 0 Å². The molecule has 1 heterocycles. The molecule has 4 nitrogen and oxygen atoms in total. The zero-order chi connectivity index (χ0) is 13.8. The van der Waals surface area contributed by atoms with Crippen molar-refractivity contribution in [2.75, 3.05) is 40.4 Å². The van der Waals surface area contributed by atoms with E-state index in [0.717, 1.165) is 55.3 Å². The summed E-state index contributed by atoms with van der Waals surface area (Å²) in [6.45, 7) is 6.91. The SMILES string of the molecule is COc1cc(CN2CCNCC2)c(OC)c(Cl)c1C. The number of benzene rings is 1. The Morgan fingerprint density at radius 2 is 1.95 bits per heavy atom. The lowest BCUT2D eigenvalue weighted by molar-refractivity contribution is 0.229. The summed E-state index contributed by atoms with van der Waals surface area (Å²) in [4.78, 5) is 2.39. The van der Waals surface area contributed by atoms with Crippen molar-refractivity contribution in [2.24, 2.45) is 0 Å². The van der Waals surface area contributed by atoms with Crippen LogP contribution in [-0.4, -0.2) is 45.3 Å². The molecule has 0 unspecified atom stereocenters. The fourth-order valence-corrected chi connectivity index (χ4v) is 2.70. The first-order valence-electron chi connectivity index (χ1n) is 6.50. The van der Waals surface area contributed by atoms with Crippen LogP contribution in [0.25, 0.3) is 0 Å². The maximum absolute atomic E-state index is 6.36. The van der Waals surface area contributed by atoms with E-state index in [1.807, 2.05) is 13.0 Å². The summed E-state index contributed by atoms with van der Waals surface area (Å²) in [5, 5.41) is 3.99. The van der Waals surface area contributed by atoms with Gasteiger partial charge in [0, 0.05) is 43.9 Å². The Bertz CT molecular complexity index is 446. The topological polar surface area (TPSA) is 33.7 Å². The fraction of sp³-hybridized carbons (Fsp3) is 0.571. The van der Waals surface area contributed by atoms with Gasteiger partial charge in [-0.2, -0.15) is 0 Å². The van der Waals surface area contributed by atoms with Gasteiger partial charge in [-0.3, -0.25) is 4.90 Å². The zero-order valence-corrected chi connectivity index (χ0v) is 12.5. The van der Waals surface area contributed by atoms with E-state index in [9.17, 15) is 0 Å². The molecule has 0 bridgehead atoms. The molecule has 106 valence electrons. The third-order valence-corrected chi connectivity index (χ3v) is 3.98. The van der Waals surface area contributed by atoms with Crippen molar-refractivity contribution in [3.63, 3.8) is 0 Å². The molecule has 1 N–H and O–H groups in total. The van der Waals surface area contributed by atoms with Crippen LogP contribution in [0.4, 0.5) is 0 Å². The highest BCUT2D eigenvalue weighted by molar-refractivity contribution is 6.33. The van der Waals surface area contributed by atoms with Gasteiger partial charge in [0.05, 0.1) is 19.2 Å². The second-order valence-corrected chi connectivity index (χ2v) is 5.11. The van der Waals surface area contributed by atoms with Crippen molar-refractivity contribution in [3.8, 4) is 11.5 Å². The molecule has 1 aromatic rings. The molecule has 0 atom stereocenters. The number of rotatable bonds is 4. The van der Waals surface area contributed by atoms with E-state index in [0.29, 0.717) is 5.02 Å². The molecule has 1 saturated heterocycles. The van der Waals surface area contributed by atoms with E-state index in [1.54, 1.807) is 14.2 Å². The number of hydrogen-bond donors (Lipinski definition) is 1. The number of methoxy groups -OCH3 is 2. The smallest absolute Gasteiger partial charge is 0.142 e. The third-order valence-electron chi connectivity index (χ3n) is 3.52. The van der Waals surface area contributed by atoms with Crippen LogP contribution in [0, 0.1) is 6.92 Å². The molecule has 0 aromatic heterocycles. The molecule has 1 aliphatic rings. The molecule has 1 aromatic carbocycles. The minimum atomic E-state index is 0.645. The van der Waals surface area contributed by atoms with Crippen LogP contribution in [0.1, 0.15) is 11.1 Å². The Hall–Kier alpha value is -0.970. The fourth-order valence-electron chi connectivity index (χ4n) is 2.41. The Kier molecular flexibility index (Phi) is 4.91. The molecule has 0 amide bonds. The Labute approximate surface area is 119 Å². The minimum Gasteiger partial charge on any atom is -0.496 e. The van der Waals surface area contributed by atoms with E-state index in [4.69, 9.17) is 21.1 Å². The highest BCUT2D eigenvalue weighted by atomic mass is 35.5. The van der Waals surface area contributed by atoms with E-state index in [2.05, 4.69) is 10.2 Å². The molecule has 0 saturated carbocycles. The summed E-state index contributed by atoms with van der Waals surface area (Å²) in [7, 11) is 3.33. The van der Waals surface area contributed by atoms with Gasteiger partial charge in [0.15, 0.2) is 0 Å². The minimum absolute atomic E-state index is 0.645. The average molecular weight is 285 g/mol. The zero-order valence-electron chi connectivity index (χ0n) is 11.8.